The largest absolute Gasteiger partial charge is 0.365 e. The standard InChI is InChI=1S/C10H8ClNO2S/c11-9(13)5-14-6-10-12-7-3-1-2-4-8(7)15-10/h1-4H,5-6H2. The molecule has 0 fully saturated rings. The fraction of sp³-hybridized carbons (Fsp3) is 0.200. The SMILES string of the molecule is O=C(Cl)COCc1nc2ccccc2s1. The van der Waals surface area contributed by atoms with Gasteiger partial charge >= 0.3 is 0 Å². The highest BCUT2D eigenvalue weighted by Gasteiger charge is 2.03. The van der Waals surface area contributed by atoms with Gasteiger partial charge in [-0.1, -0.05) is 12.1 Å². The van der Waals surface area contributed by atoms with Gasteiger partial charge in [0.1, 0.15) is 11.6 Å². The second kappa shape index (κ2) is 4.70. The normalized spacial score (nSPS) is 10.7. The summed E-state index contributed by atoms with van der Waals surface area (Å²) in [6.07, 6.45) is 0. The number of nitrogens with zero attached hydrogens (tertiary/aromatic N) is 1. The molecule has 0 aliphatic heterocycles. The van der Waals surface area contributed by atoms with Crippen molar-refractivity contribution < 1.29 is 9.53 Å². The zero-order valence-electron chi connectivity index (χ0n) is 7.77. The van der Waals surface area contributed by atoms with Gasteiger partial charge in [-0.05, 0) is 23.7 Å². The summed E-state index contributed by atoms with van der Waals surface area (Å²) in [6, 6.07) is 7.85. The summed E-state index contributed by atoms with van der Waals surface area (Å²) in [4.78, 5) is 14.8. The van der Waals surface area contributed by atoms with Crippen LogP contribution in [0.4, 0.5) is 0 Å². The lowest BCUT2D eigenvalue weighted by Crippen LogP contribution is -2.01. The van der Waals surface area contributed by atoms with Crippen molar-refractivity contribution >= 4 is 38.4 Å². The van der Waals surface area contributed by atoms with Gasteiger partial charge in [-0.25, -0.2) is 4.98 Å². The number of aromatic nitrogens is 1. The minimum atomic E-state index is -0.490. The molecule has 0 saturated heterocycles. The lowest BCUT2D eigenvalue weighted by molar-refractivity contribution is -0.116. The molecule has 0 unspecified atom stereocenters. The van der Waals surface area contributed by atoms with Gasteiger partial charge in [0.15, 0.2) is 0 Å². The van der Waals surface area contributed by atoms with Crippen molar-refractivity contribution in [3.63, 3.8) is 0 Å². The van der Waals surface area contributed by atoms with Crippen LogP contribution in [-0.4, -0.2) is 16.8 Å². The summed E-state index contributed by atoms with van der Waals surface area (Å²) < 4.78 is 6.20. The number of hydrogen-bond acceptors (Lipinski definition) is 4. The van der Waals surface area contributed by atoms with E-state index in [9.17, 15) is 4.79 Å². The number of ether oxygens (including phenoxy) is 1. The van der Waals surface area contributed by atoms with E-state index >= 15 is 0 Å². The van der Waals surface area contributed by atoms with Crippen LogP contribution in [0.3, 0.4) is 0 Å². The average molecular weight is 242 g/mol. The zero-order valence-corrected chi connectivity index (χ0v) is 9.35. The monoisotopic (exact) mass is 241 g/mol. The maximum Gasteiger partial charge on any atom is 0.247 e. The second-order valence-corrected chi connectivity index (χ2v) is 4.46. The molecule has 0 saturated carbocycles. The number of carbonyl (C=O) groups is 1. The minimum absolute atomic E-state index is 0.0719. The quantitative estimate of drug-likeness (QED) is 0.773. The fourth-order valence-corrected chi connectivity index (χ4v) is 2.18. The van der Waals surface area contributed by atoms with Gasteiger partial charge in [-0.2, -0.15) is 0 Å². The van der Waals surface area contributed by atoms with Crippen molar-refractivity contribution in [3.05, 3.63) is 29.3 Å². The van der Waals surface area contributed by atoms with Crippen molar-refractivity contribution in [2.45, 2.75) is 6.61 Å². The van der Waals surface area contributed by atoms with Gasteiger partial charge in [0.25, 0.3) is 0 Å². The fourth-order valence-electron chi connectivity index (χ4n) is 1.20. The number of carbonyl (C=O) groups excluding carboxylic acids is 1. The number of benzene rings is 1. The molecule has 0 spiro atoms. The van der Waals surface area contributed by atoms with Gasteiger partial charge in [-0.15, -0.1) is 11.3 Å². The van der Waals surface area contributed by atoms with Crippen LogP contribution in [0.15, 0.2) is 24.3 Å². The predicted molar refractivity (Wildman–Crippen MR) is 60.1 cm³/mol. The molecule has 3 nitrogen and oxygen atoms in total. The number of fused-ring (bicyclic) bond motifs is 1. The lowest BCUT2D eigenvalue weighted by atomic mass is 10.3. The highest BCUT2D eigenvalue weighted by atomic mass is 35.5. The summed E-state index contributed by atoms with van der Waals surface area (Å²) in [5.74, 6) is 0. The van der Waals surface area contributed by atoms with Crippen LogP contribution in [0.1, 0.15) is 5.01 Å². The summed E-state index contributed by atoms with van der Waals surface area (Å²) in [6.45, 7) is 0.259. The van der Waals surface area contributed by atoms with Gasteiger partial charge in [-0.3, -0.25) is 4.79 Å². The highest BCUT2D eigenvalue weighted by Crippen LogP contribution is 2.21. The average Bonchev–Trinajstić information content (AvgIpc) is 2.59. The third-order valence-corrected chi connectivity index (χ3v) is 2.90. The van der Waals surface area contributed by atoms with E-state index in [2.05, 4.69) is 4.98 Å². The molecule has 1 heterocycles. The molecule has 0 N–H and O–H groups in total. The van der Waals surface area contributed by atoms with E-state index in [-0.39, 0.29) is 6.61 Å². The Morgan fingerprint density at radius 1 is 1.47 bits per heavy atom. The molecule has 2 aromatic rings. The molecule has 0 aliphatic carbocycles. The first-order valence-electron chi connectivity index (χ1n) is 4.36. The summed E-state index contributed by atoms with van der Waals surface area (Å²) in [5.41, 5.74) is 0.957. The molecule has 0 bridgehead atoms. The topological polar surface area (TPSA) is 39.2 Å². The first-order valence-corrected chi connectivity index (χ1v) is 5.55. The Hall–Kier alpha value is -0.970. The van der Waals surface area contributed by atoms with Gasteiger partial charge in [0, 0.05) is 0 Å². The molecule has 1 aromatic carbocycles. The third-order valence-electron chi connectivity index (χ3n) is 1.78. The van der Waals surface area contributed by atoms with Crippen LogP contribution in [0, 0.1) is 0 Å². The van der Waals surface area contributed by atoms with E-state index in [0.29, 0.717) is 6.61 Å². The van der Waals surface area contributed by atoms with Crippen molar-refractivity contribution in [2.75, 3.05) is 6.61 Å². The van der Waals surface area contributed by atoms with E-state index in [1.807, 2.05) is 24.3 Å². The van der Waals surface area contributed by atoms with Gasteiger partial charge < -0.3 is 4.74 Å². The molecule has 5 heteroatoms. The smallest absolute Gasteiger partial charge is 0.247 e. The summed E-state index contributed by atoms with van der Waals surface area (Å²) in [5, 5.41) is 0.366. The maximum absolute atomic E-state index is 10.4. The van der Waals surface area contributed by atoms with Crippen molar-refractivity contribution in [3.8, 4) is 0 Å². The molecular formula is C10H8ClNO2S. The van der Waals surface area contributed by atoms with E-state index in [0.717, 1.165) is 15.2 Å². The van der Waals surface area contributed by atoms with Crippen LogP contribution in [0.2, 0.25) is 0 Å². The maximum atomic E-state index is 10.4. The Kier molecular flexibility index (Phi) is 3.30. The van der Waals surface area contributed by atoms with Crippen molar-refractivity contribution in [1.82, 2.24) is 4.98 Å². The molecule has 0 atom stereocenters. The molecule has 0 amide bonds. The zero-order chi connectivity index (χ0) is 10.7. The van der Waals surface area contributed by atoms with Crippen LogP contribution in [0.5, 0.6) is 0 Å². The number of thiazole rings is 1. The van der Waals surface area contributed by atoms with E-state index < -0.39 is 5.24 Å². The summed E-state index contributed by atoms with van der Waals surface area (Å²) in [7, 11) is 0. The molecule has 1 aromatic heterocycles. The second-order valence-electron chi connectivity index (χ2n) is 2.92. The molecule has 0 radical (unpaired) electrons. The van der Waals surface area contributed by atoms with Crippen LogP contribution < -0.4 is 0 Å². The molecule has 2 rings (SSSR count). The number of rotatable bonds is 4. The molecule has 15 heavy (non-hydrogen) atoms. The molecular weight excluding hydrogens is 234 g/mol. The molecule has 0 aliphatic rings. The predicted octanol–water partition coefficient (Wildman–Crippen LogP) is 2.58. The Balaban J connectivity index is 2.05. The Bertz CT molecular complexity index is 450. The number of halogens is 1. The molecule has 78 valence electrons. The van der Waals surface area contributed by atoms with Gasteiger partial charge in [0.2, 0.25) is 5.24 Å². The van der Waals surface area contributed by atoms with Crippen LogP contribution >= 0.6 is 22.9 Å². The van der Waals surface area contributed by atoms with Crippen molar-refractivity contribution in [1.29, 1.82) is 0 Å². The lowest BCUT2D eigenvalue weighted by Gasteiger charge is -1.95. The number of para-hydroxylation sites is 1. The van der Waals surface area contributed by atoms with Crippen molar-refractivity contribution in [2.24, 2.45) is 0 Å². The number of hydrogen-bond donors (Lipinski definition) is 0. The first kappa shape index (κ1) is 10.5. The minimum Gasteiger partial charge on any atom is -0.365 e. The Morgan fingerprint density at radius 2 is 2.27 bits per heavy atom. The van der Waals surface area contributed by atoms with E-state index in [1.54, 1.807) is 11.3 Å². The summed E-state index contributed by atoms with van der Waals surface area (Å²) >= 11 is 6.70. The highest BCUT2D eigenvalue weighted by molar-refractivity contribution is 7.18. The Morgan fingerprint density at radius 3 is 3.00 bits per heavy atom. The first-order chi connectivity index (χ1) is 7.25. The van der Waals surface area contributed by atoms with E-state index in [1.165, 1.54) is 0 Å². The van der Waals surface area contributed by atoms with E-state index in [4.69, 9.17) is 16.3 Å². The van der Waals surface area contributed by atoms with Gasteiger partial charge in [0.05, 0.1) is 16.8 Å². The van der Waals surface area contributed by atoms with Crippen LogP contribution in [0.25, 0.3) is 10.2 Å². The van der Waals surface area contributed by atoms with Crippen LogP contribution in [-0.2, 0) is 16.1 Å². The Labute approximate surface area is 95.6 Å². The third kappa shape index (κ3) is 2.75.